The van der Waals surface area contributed by atoms with Crippen molar-refractivity contribution in [1.82, 2.24) is 4.31 Å². The van der Waals surface area contributed by atoms with E-state index in [2.05, 4.69) is 0 Å². The summed E-state index contributed by atoms with van der Waals surface area (Å²) >= 11 is 0. The molecule has 5 rings (SSSR count). The highest BCUT2D eigenvalue weighted by atomic mass is 32.2. The second-order valence-corrected chi connectivity index (χ2v) is 10.5. The first-order valence-corrected chi connectivity index (χ1v) is 12.8. The molecule has 2 aromatic rings. The van der Waals surface area contributed by atoms with Crippen molar-refractivity contribution < 1.29 is 32.2 Å². The number of hydrogen-bond acceptors (Lipinski definition) is 7. The summed E-state index contributed by atoms with van der Waals surface area (Å²) in [6.07, 6.45) is 1.46. The minimum absolute atomic E-state index is 0.134. The SMILES string of the molecule is O=C(OCC(=O)N1CCc2ccccc21)C1CCN(S(=O)(=O)c2ccc3c(c2)OCCO3)CC1. The molecule has 0 spiro atoms. The van der Waals surface area contributed by atoms with Crippen molar-refractivity contribution in [2.75, 3.05) is 44.4 Å². The summed E-state index contributed by atoms with van der Waals surface area (Å²) in [5, 5.41) is 0. The van der Waals surface area contributed by atoms with Gasteiger partial charge in [0.25, 0.3) is 5.91 Å². The van der Waals surface area contributed by atoms with Crippen LogP contribution in [-0.4, -0.2) is 64.1 Å². The molecule has 2 aromatic carbocycles. The molecule has 0 saturated carbocycles. The molecule has 1 saturated heterocycles. The maximum atomic E-state index is 13.1. The highest BCUT2D eigenvalue weighted by Crippen LogP contribution is 2.34. The highest BCUT2D eigenvalue weighted by Gasteiger charge is 2.34. The highest BCUT2D eigenvalue weighted by molar-refractivity contribution is 7.89. The first kappa shape index (κ1) is 22.7. The van der Waals surface area contributed by atoms with Gasteiger partial charge in [0.05, 0.1) is 10.8 Å². The van der Waals surface area contributed by atoms with Crippen molar-refractivity contribution in [3.05, 3.63) is 48.0 Å². The maximum absolute atomic E-state index is 13.1. The van der Waals surface area contributed by atoms with Crippen LogP contribution in [0.4, 0.5) is 5.69 Å². The number of sulfonamides is 1. The number of anilines is 1. The van der Waals surface area contributed by atoms with Crippen LogP contribution in [0.3, 0.4) is 0 Å². The number of benzene rings is 2. The van der Waals surface area contributed by atoms with Crippen molar-refractivity contribution in [2.24, 2.45) is 5.92 Å². The molecular formula is C24H26N2O7S. The van der Waals surface area contributed by atoms with Crippen LogP contribution in [0, 0.1) is 5.92 Å². The largest absolute Gasteiger partial charge is 0.486 e. The zero-order valence-electron chi connectivity index (χ0n) is 18.6. The van der Waals surface area contributed by atoms with Gasteiger partial charge in [0.15, 0.2) is 18.1 Å². The Labute approximate surface area is 198 Å². The van der Waals surface area contributed by atoms with Crippen molar-refractivity contribution >= 4 is 27.6 Å². The van der Waals surface area contributed by atoms with Gasteiger partial charge in [-0.1, -0.05) is 18.2 Å². The molecule has 0 unspecified atom stereocenters. The first-order chi connectivity index (χ1) is 16.4. The maximum Gasteiger partial charge on any atom is 0.309 e. The minimum Gasteiger partial charge on any atom is -0.486 e. The van der Waals surface area contributed by atoms with Gasteiger partial charge in [-0.2, -0.15) is 4.31 Å². The van der Waals surface area contributed by atoms with Crippen LogP contribution in [0.1, 0.15) is 18.4 Å². The lowest BCUT2D eigenvalue weighted by atomic mass is 9.98. The number of carbonyl (C=O) groups excluding carboxylic acids is 2. The molecule has 1 amide bonds. The standard InChI is InChI=1S/C24H26N2O7S/c27-23(26-12-9-17-3-1-2-4-20(17)26)16-33-24(28)18-7-10-25(11-8-18)34(29,30)19-5-6-21-22(15-19)32-14-13-31-21/h1-6,15,18H,7-14,16H2. The molecule has 0 radical (unpaired) electrons. The van der Waals surface area contributed by atoms with E-state index in [1.165, 1.54) is 16.4 Å². The number of esters is 1. The predicted octanol–water partition coefficient (Wildman–Crippen LogP) is 1.99. The second kappa shape index (κ2) is 9.27. The van der Waals surface area contributed by atoms with Crippen LogP contribution in [0.15, 0.2) is 47.4 Å². The normalized spacial score (nSPS) is 18.4. The van der Waals surface area contributed by atoms with Crippen LogP contribution in [-0.2, 0) is 30.8 Å². The third-order valence-electron chi connectivity index (χ3n) is 6.46. The van der Waals surface area contributed by atoms with Gasteiger partial charge in [-0.05, 0) is 43.0 Å². The van der Waals surface area contributed by atoms with Gasteiger partial charge < -0.3 is 19.1 Å². The van der Waals surface area contributed by atoms with Gasteiger partial charge in [0, 0.05) is 31.4 Å². The molecule has 3 heterocycles. The van der Waals surface area contributed by atoms with Crippen molar-refractivity contribution in [2.45, 2.75) is 24.2 Å². The lowest BCUT2D eigenvalue weighted by molar-refractivity contribution is -0.153. The zero-order chi connectivity index (χ0) is 23.7. The minimum atomic E-state index is -3.72. The molecule has 9 nitrogen and oxygen atoms in total. The number of fused-ring (bicyclic) bond motifs is 2. The number of hydrogen-bond donors (Lipinski definition) is 0. The first-order valence-electron chi connectivity index (χ1n) is 11.4. The Bertz CT molecular complexity index is 1210. The van der Waals surface area contributed by atoms with E-state index in [4.69, 9.17) is 14.2 Å². The number of para-hydroxylation sites is 1. The number of amides is 1. The van der Waals surface area contributed by atoms with Crippen molar-refractivity contribution in [3.63, 3.8) is 0 Å². The van der Waals surface area contributed by atoms with Crippen LogP contribution >= 0.6 is 0 Å². The average Bonchev–Trinajstić information content (AvgIpc) is 3.31. The van der Waals surface area contributed by atoms with Crippen LogP contribution in [0.2, 0.25) is 0 Å². The fraction of sp³-hybridized carbons (Fsp3) is 0.417. The van der Waals surface area contributed by atoms with Gasteiger partial charge in [0.1, 0.15) is 13.2 Å². The lowest BCUT2D eigenvalue weighted by Crippen LogP contribution is -2.41. The Morgan fingerprint density at radius 2 is 1.71 bits per heavy atom. The summed E-state index contributed by atoms with van der Waals surface area (Å²) in [5.41, 5.74) is 1.97. The van der Waals surface area contributed by atoms with Gasteiger partial charge in [0.2, 0.25) is 10.0 Å². The Morgan fingerprint density at radius 3 is 2.50 bits per heavy atom. The van der Waals surface area contributed by atoms with Gasteiger partial charge in [-0.15, -0.1) is 0 Å². The summed E-state index contributed by atoms with van der Waals surface area (Å²) in [7, 11) is -3.72. The summed E-state index contributed by atoms with van der Waals surface area (Å²) in [6.45, 7) is 1.46. The quantitative estimate of drug-likeness (QED) is 0.596. The Hall–Kier alpha value is -3.11. The molecular weight excluding hydrogens is 460 g/mol. The van der Waals surface area contributed by atoms with Crippen molar-refractivity contribution in [1.29, 1.82) is 0 Å². The molecule has 0 bridgehead atoms. The predicted molar refractivity (Wildman–Crippen MR) is 122 cm³/mol. The molecule has 0 aliphatic carbocycles. The number of ether oxygens (including phenoxy) is 3. The van der Waals surface area contributed by atoms with E-state index in [9.17, 15) is 18.0 Å². The number of rotatable bonds is 5. The fourth-order valence-corrected chi connectivity index (χ4v) is 6.08. The van der Waals surface area contributed by atoms with Crippen molar-refractivity contribution in [3.8, 4) is 11.5 Å². The van der Waals surface area contributed by atoms with E-state index >= 15 is 0 Å². The molecule has 3 aliphatic rings. The molecule has 34 heavy (non-hydrogen) atoms. The number of piperidine rings is 1. The van der Waals surface area contributed by atoms with Crippen LogP contribution in [0.25, 0.3) is 0 Å². The average molecular weight is 487 g/mol. The molecule has 3 aliphatic heterocycles. The third kappa shape index (κ3) is 4.35. The van der Waals surface area contributed by atoms with E-state index in [1.807, 2.05) is 24.3 Å². The number of nitrogens with zero attached hydrogens (tertiary/aromatic N) is 2. The Morgan fingerprint density at radius 1 is 0.971 bits per heavy atom. The summed E-state index contributed by atoms with van der Waals surface area (Å²) in [5.74, 6) is -0.214. The number of carbonyl (C=O) groups is 2. The van der Waals surface area contributed by atoms with E-state index in [0.29, 0.717) is 44.1 Å². The smallest absolute Gasteiger partial charge is 0.309 e. The summed E-state index contributed by atoms with van der Waals surface area (Å²) < 4.78 is 43.8. The lowest BCUT2D eigenvalue weighted by Gasteiger charge is -2.30. The Balaban J connectivity index is 1.14. The van der Waals surface area contributed by atoms with Crippen LogP contribution < -0.4 is 14.4 Å². The zero-order valence-corrected chi connectivity index (χ0v) is 19.5. The fourth-order valence-electron chi connectivity index (χ4n) is 4.59. The van der Waals surface area contributed by atoms with Gasteiger partial charge in [-0.25, -0.2) is 8.42 Å². The van der Waals surface area contributed by atoms with E-state index in [0.717, 1.165) is 17.7 Å². The molecule has 0 aromatic heterocycles. The third-order valence-corrected chi connectivity index (χ3v) is 8.36. The topological polar surface area (TPSA) is 102 Å². The van der Waals surface area contributed by atoms with E-state index in [1.54, 1.807) is 11.0 Å². The summed E-state index contributed by atoms with van der Waals surface area (Å²) in [6, 6.07) is 12.3. The molecule has 10 heteroatoms. The molecule has 1 fully saturated rings. The molecule has 0 N–H and O–H groups in total. The Kier molecular flexibility index (Phi) is 6.18. The monoisotopic (exact) mass is 486 g/mol. The molecule has 0 atom stereocenters. The molecule has 180 valence electrons. The van der Waals surface area contributed by atoms with E-state index in [-0.39, 0.29) is 30.5 Å². The van der Waals surface area contributed by atoms with Gasteiger partial charge >= 0.3 is 5.97 Å². The van der Waals surface area contributed by atoms with Gasteiger partial charge in [-0.3, -0.25) is 9.59 Å². The second-order valence-electron chi connectivity index (χ2n) is 8.52. The van der Waals surface area contributed by atoms with Crippen LogP contribution in [0.5, 0.6) is 11.5 Å². The van der Waals surface area contributed by atoms with E-state index < -0.39 is 21.9 Å². The summed E-state index contributed by atoms with van der Waals surface area (Å²) in [4.78, 5) is 26.9.